The molecule has 0 aromatic heterocycles. The number of nitrogen functional groups attached to an aromatic ring is 1. The van der Waals surface area contributed by atoms with Crippen molar-refractivity contribution < 1.29 is 9.90 Å². The van der Waals surface area contributed by atoms with Crippen LogP contribution in [-0.4, -0.2) is 35.1 Å². The summed E-state index contributed by atoms with van der Waals surface area (Å²) in [5, 5.41) is 9.92. The first-order chi connectivity index (χ1) is 9.60. The standard InChI is InChI=1S/C15H21N3O2/c1-9-6-10(2-4-13(9)17-16)15(20)18-7-11-3-5-14(19)12(11)8-18/h2,4,6,11-12,14,17,19H,3,5,7-8,16H2,1H3. The van der Waals surface area contributed by atoms with E-state index >= 15 is 0 Å². The van der Waals surface area contributed by atoms with Crippen LogP contribution in [0.25, 0.3) is 0 Å². The molecule has 4 N–H and O–H groups in total. The largest absolute Gasteiger partial charge is 0.393 e. The zero-order chi connectivity index (χ0) is 14.3. The molecule has 5 heteroatoms. The number of likely N-dealkylation sites (tertiary alicyclic amines) is 1. The Bertz CT molecular complexity index is 532. The molecule has 1 saturated heterocycles. The Morgan fingerprint density at radius 3 is 2.85 bits per heavy atom. The van der Waals surface area contributed by atoms with Crippen LogP contribution in [0.1, 0.15) is 28.8 Å². The summed E-state index contributed by atoms with van der Waals surface area (Å²) in [5.41, 5.74) is 5.09. The van der Waals surface area contributed by atoms with Gasteiger partial charge in [-0.1, -0.05) is 0 Å². The van der Waals surface area contributed by atoms with E-state index in [1.165, 1.54) is 0 Å². The molecule has 3 unspecified atom stereocenters. The lowest BCUT2D eigenvalue weighted by Gasteiger charge is -2.19. The topological polar surface area (TPSA) is 78.6 Å². The fourth-order valence-electron chi connectivity index (χ4n) is 3.54. The molecule has 1 aromatic rings. The van der Waals surface area contributed by atoms with Gasteiger partial charge in [0.15, 0.2) is 0 Å². The Hall–Kier alpha value is -1.59. The first kappa shape index (κ1) is 13.4. The molecule has 108 valence electrons. The lowest BCUT2D eigenvalue weighted by molar-refractivity contribution is 0.0752. The van der Waals surface area contributed by atoms with Gasteiger partial charge in [-0.2, -0.15) is 0 Å². The highest BCUT2D eigenvalue weighted by atomic mass is 16.3. The highest BCUT2D eigenvalue weighted by molar-refractivity contribution is 5.95. The van der Waals surface area contributed by atoms with Crippen molar-refractivity contribution >= 4 is 11.6 Å². The molecule has 1 aromatic carbocycles. The fourth-order valence-corrected chi connectivity index (χ4v) is 3.54. The lowest BCUT2D eigenvalue weighted by atomic mass is 10.00. The van der Waals surface area contributed by atoms with Crippen LogP contribution in [0.5, 0.6) is 0 Å². The summed E-state index contributed by atoms with van der Waals surface area (Å²) in [4.78, 5) is 14.4. The third kappa shape index (κ3) is 2.17. The number of hydrazine groups is 1. The second kappa shape index (κ2) is 5.07. The predicted octanol–water partition coefficient (Wildman–Crippen LogP) is 1.12. The summed E-state index contributed by atoms with van der Waals surface area (Å²) in [6.07, 6.45) is 1.68. The quantitative estimate of drug-likeness (QED) is 0.558. The molecule has 0 spiro atoms. The van der Waals surface area contributed by atoms with Crippen molar-refractivity contribution in [1.29, 1.82) is 0 Å². The number of hydrogen-bond donors (Lipinski definition) is 3. The molecule has 1 aliphatic heterocycles. The van der Waals surface area contributed by atoms with Crippen LogP contribution in [-0.2, 0) is 0 Å². The Balaban J connectivity index is 1.75. The number of aliphatic hydroxyl groups excluding tert-OH is 1. The van der Waals surface area contributed by atoms with Crippen LogP contribution in [0.4, 0.5) is 5.69 Å². The average Bonchev–Trinajstić information content (AvgIpc) is 3.00. The molecule has 1 saturated carbocycles. The van der Waals surface area contributed by atoms with E-state index in [0.717, 1.165) is 30.6 Å². The molecule has 1 heterocycles. The lowest BCUT2D eigenvalue weighted by Crippen LogP contribution is -2.31. The Kier molecular flexibility index (Phi) is 3.40. The molecule has 5 nitrogen and oxygen atoms in total. The predicted molar refractivity (Wildman–Crippen MR) is 77.1 cm³/mol. The van der Waals surface area contributed by atoms with Crippen molar-refractivity contribution in [2.75, 3.05) is 18.5 Å². The number of nitrogens with one attached hydrogen (secondary N) is 1. The number of amides is 1. The molecule has 2 fully saturated rings. The Morgan fingerprint density at radius 1 is 1.40 bits per heavy atom. The molecule has 2 aliphatic rings. The van der Waals surface area contributed by atoms with E-state index in [-0.39, 0.29) is 17.9 Å². The minimum absolute atomic E-state index is 0.0540. The molecule has 0 bridgehead atoms. The summed E-state index contributed by atoms with van der Waals surface area (Å²) in [7, 11) is 0. The van der Waals surface area contributed by atoms with Crippen molar-refractivity contribution in [1.82, 2.24) is 4.90 Å². The summed E-state index contributed by atoms with van der Waals surface area (Å²) in [6.45, 7) is 3.38. The number of nitrogens with zero attached hydrogens (tertiary/aromatic N) is 1. The molecule has 1 amide bonds. The third-order valence-corrected chi connectivity index (χ3v) is 4.74. The number of aryl methyl sites for hydroxylation is 1. The molecular formula is C15H21N3O2. The number of carbonyl (C=O) groups is 1. The minimum Gasteiger partial charge on any atom is -0.393 e. The number of aliphatic hydroxyl groups is 1. The second-order valence-electron chi connectivity index (χ2n) is 5.95. The van der Waals surface area contributed by atoms with Crippen molar-refractivity contribution in [2.24, 2.45) is 17.7 Å². The monoisotopic (exact) mass is 275 g/mol. The van der Waals surface area contributed by atoms with Crippen molar-refractivity contribution in [3.63, 3.8) is 0 Å². The van der Waals surface area contributed by atoms with E-state index in [4.69, 9.17) is 5.84 Å². The van der Waals surface area contributed by atoms with E-state index in [1.54, 1.807) is 6.07 Å². The van der Waals surface area contributed by atoms with Crippen molar-refractivity contribution in [3.05, 3.63) is 29.3 Å². The zero-order valence-electron chi connectivity index (χ0n) is 11.7. The molecular weight excluding hydrogens is 254 g/mol. The Labute approximate surface area is 118 Å². The average molecular weight is 275 g/mol. The van der Waals surface area contributed by atoms with Crippen LogP contribution in [0.3, 0.4) is 0 Å². The summed E-state index contributed by atoms with van der Waals surface area (Å²) in [6, 6.07) is 5.49. The van der Waals surface area contributed by atoms with Crippen LogP contribution in [0.2, 0.25) is 0 Å². The normalized spacial score (nSPS) is 28.6. The van der Waals surface area contributed by atoms with Crippen molar-refractivity contribution in [2.45, 2.75) is 25.9 Å². The van der Waals surface area contributed by atoms with Gasteiger partial charge < -0.3 is 15.4 Å². The number of nitrogens with two attached hydrogens (primary N) is 1. The first-order valence-corrected chi connectivity index (χ1v) is 7.14. The van der Waals surface area contributed by atoms with Gasteiger partial charge in [-0.05, 0) is 49.4 Å². The van der Waals surface area contributed by atoms with E-state index < -0.39 is 0 Å². The van der Waals surface area contributed by atoms with E-state index in [1.807, 2.05) is 24.0 Å². The number of rotatable bonds is 2. The highest BCUT2D eigenvalue weighted by Gasteiger charge is 2.43. The molecule has 20 heavy (non-hydrogen) atoms. The SMILES string of the molecule is Cc1cc(C(=O)N2CC3CCC(O)C3C2)ccc1NN. The maximum atomic E-state index is 12.5. The van der Waals surface area contributed by atoms with Crippen LogP contribution >= 0.6 is 0 Å². The number of carbonyl (C=O) groups excluding carboxylic acids is 1. The van der Waals surface area contributed by atoms with Gasteiger partial charge in [-0.25, -0.2) is 0 Å². The van der Waals surface area contributed by atoms with Crippen LogP contribution < -0.4 is 11.3 Å². The van der Waals surface area contributed by atoms with Gasteiger partial charge in [0.1, 0.15) is 0 Å². The van der Waals surface area contributed by atoms with Gasteiger partial charge in [0, 0.05) is 24.6 Å². The highest BCUT2D eigenvalue weighted by Crippen LogP contribution is 2.38. The number of benzene rings is 1. The van der Waals surface area contributed by atoms with Gasteiger partial charge in [0.2, 0.25) is 0 Å². The molecule has 3 rings (SSSR count). The van der Waals surface area contributed by atoms with Crippen molar-refractivity contribution in [3.8, 4) is 0 Å². The number of fused-ring (bicyclic) bond motifs is 1. The van der Waals surface area contributed by atoms with Gasteiger partial charge in [-0.15, -0.1) is 0 Å². The Morgan fingerprint density at radius 2 is 2.20 bits per heavy atom. The zero-order valence-corrected chi connectivity index (χ0v) is 11.7. The second-order valence-corrected chi connectivity index (χ2v) is 5.95. The first-order valence-electron chi connectivity index (χ1n) is 7.14. The fraction of sp³-hybridized carbons (Fsp3) is 0.533. The minimum atomic E-state index is -0.233. The summed E-state index contributed by atoms with van der Waals surface area (Å²) in [5.74, 6) is 6.20. The smallest absolute Gasteiger partial charge is 0.253 e. The van der Waals surface area contributed by atoms with Gasteiger partial charge >= 0.3 is 0 Å². The van der Waals surface area contributed by atoms with Gasteiger partial charge in [0.05, 0.1) is 11.8 Å². The number of hydrogen-bond acceptors (Lipinski definition) is 4. The van der Waals surface area contributed by atoms with Crippen LogP contribution in [0.15, 0.2) is 18.2 Å². The van der Waals surface area contributed by atoms with E-state index in [2.05, 4.69) is 5.43 Å². The maximum absolute atomic E-state index is 12.5. The summed E-state index contributed by atoms with van der Waals surface area (Å²) < 4.78 is 0. The molecule has 0 radical (unpaired) electrons. The van der Waals surface area contributed by atoms with Crippen LogP contribution in [0, 0.1) is 18.8 Å². The summed E-state index contributed by atoms with van der Waals surface area (Å²) >= 11 is 0. The maximum Gasteiger partial charge on any atom is 0.253 e. The molecule has 3 atom stereocenters. The third-order valence-electron chi connectivity index (χ3n) is 4.74. The molecule has 1 aliphatic carbocycles. The van der Waals surface area contributed by atoms with Gasteiger partial charge in [-0.3, -0.25) is 10.6 Å². The van der Waals surface area contributed by atoms with Gasteiger partial charge in [0.25, 0.3) is 5.91 Å². The number of anilines is 1. The van der Waals surface area contributed by atoms with E-state index in [9.17, 15) is 9.90 Å². The van der Waals surface area contributed by atoms with E-state index in [0.29, 0.717) is 18.0 Å².